The lowest BCUT2D eigenvalue weighted by molar-refractivity contribution is -0.384. The van der Waals surface area contributed by atoms with E-state index in [9.17, 15) is 24.5 Å². The van der Waals surface area contributed by atoms with Gasteiger partial charge in [-0.1, -0.05) is 6.07 Å². The van der Waals surface area contributed by atoms with E-state index >= 15 is 0 Å². The maximum Gasteiger partial charge on any atom is 0.311 e. The van der Waals surface area contributed by atoms with Crippen molar-refractivity contribution in [2.45, 2.75) is 6.42 Å². The first-order valence-electron chi connectivity index (χ1n) is 8.77. The van der Waals surface area contributed by atoms with Crippen LogP contribution in [0.25, 0.3) is 0 Å². The lowest BCUT2D eigenvalue weighted by Crippen LogP contribution is -2.27. The summed E-state index contributed by atoms with van der Waals surface area (Å²) >= 11 is 0. The fourth-order valence-electron chi connectivity index (χ4n) is 3.00. The average molecular weight is 398 g/mol. The number of ketones is 1. The Morgan fingerprint density at radius 1 is 1.21 bits per heavy atom. The summed E-state index contributed by atoms with van der Waals surface area (Å²) in [7, 11) is 1.52. The molecule has 1 amide bonds. The van der Waals surface area contributed by atoms with Crippen LogP contribution >= 0.6 is 0 Å². The van der Waals surface area contributed by atoms with Gasteiger partial charge in [0.1, 0.15) is 5.75 Å². The van der Waals surface area contributed by atoms with Gasteiger partial charge in [-0.2, -0.15) is 0 Å². The third-order valence-electron chi connectivity index (χ3n) is 4.57. The van der Waals surface area contributed by atoms with Crippen molar-refractivity contribution in [3.8, 4) is 5.75 Å². The number of carbonyl (C=O) groups excluding carboxylic acids is 3. The van der Waals surface area contributed by atoms with Crippen LogP contribution in [0.1, 0.15) is 16.8 Å². The molecule has 1 saturated heterocycles. The number of hydrogen-bond donors (Lipinski definition) is 0. The fourth-order valence-corrected chi connectivity index (χ4v) is 3.00. The molecule has 2 aromatic rings. The van der Waals surface area contributed by atoms with E-state index in [4.69, 9.17) is 9.47 Å². The Kier molecular flexibility index (Phi) is 5.87. The zero-order valence-corrected chi connectivity index (χ0v) is 15.6. The molecular weight excluding hydrogens is 380 g/mol. The van der Waals surface area contributed by atoms with Gasteiger partial charge >= 0.3 is 5.97 Å². The molecule has 150 valence electrons. The molecule has 0 aromatic heterocycles. The fraction of sp³-hybridized carbons (Fsp3) is 0.250. The van der Waals surface area contributed by atoms with Crippen LogP contribution in [0.15, 0.2) is 48.5 Å². The van der Waals surface area contributed by atoms with Crippen molar-refractivity contribution in [2.24, 2.45) is 5.92 Å². The van der Waals surface area contributed by atoms with Crippen molar-refractivity contribution >= 4 is 29.0 Å². The maximum absolute atomic E-state index is 12.3. The van der Waals surface area contributed by atoms with Crippen molar-refractivity contribution in [3.05, 3.63) is 64.2 Å². The first kappa shape index (κ1) is 20.0. The van der Waals surface area contributed by atoms with Gasteiger partial charge in [0.15, 0.2) is 12.4 Å². The molecule has 0 aliphatic carbocycles. The molecule has 1 heterocycles. The number of Topliss-reactive ketones (excluding diaryl/α,β-unsaturated/α-hetero) is 1. The number of esters is 1. The molecule has 0 saturated carbocycles. The maximum atomic E-state index is 12.3. The molecule has 9 nitrogen and oxygen atoms in total. The van der Waals surface area contributed by atoms with Crippen LogP contribution < -0.4 is 9.64 Å². The van der Waals surface area contributed by atoms with Gasteiger partial charge in [-0.05, 0) is 24.3 Å². The van der Waals surface area contributed by atoms with E-state index in [0.29, 0.717) is 11.4 Å². The van der Waals surface area contributed by atoms with Gasteiger partial charge in [0.05, 0.1) is 18.0 Å². The molecule has 0 radical (unpaired) electrons. The van der Waals surface area contributed by atoms with Crippen LogP contribution in [0.3, 0.4) is 0 Å². The van der Waals surface area contributed by atoms with Crippen molar-refractivity contribution in [3.63, 3.8) is 0 Å². The van der Waals surface area contributed by atoms with Crippen LogP contribution in [-0.4, -0.2) is 42.8 Å². The minimum Gasteiger partial charge on any atom is -0.497 e. The number of nitro benzene ring substituents is 1. The minimum absolute atomic E-state index is 0.0121. The molecule has 0 unspecified atom stereocenters. The van der Waals surface area contributed by atoms with Gasteiger partial charge in [-0.15, -0.1) is 0 Å². The monoisotopic (exact) mass is 398 g/mol. The van der Waals surface area contributed by atoms with Crippen LogP contribution in [0.4, 0.5) is 11.4 Å². The van der Waals surface area contributed by atoms with E-state index in [2.05, 4.69) is 0 Å². The number of nitrogens with zero attached hydrogens (tertiary/aromatic N) is 2. The Bertz CT molecular complexity index is 956. The van der Waals surface area contributed by atoms with Crippen LogP contribution in [0.2, 0.25) is 0 Å². The van der Waals surface area contributed by atoms with E-state index in [0.717, 1.165) is 0 Å². The quantitative estimate of drug-likeness (QED) is 0.304. The standard InChI is InChI=1S/C20H18N2O7/c1-28-17-4-2-3-16(10-17)21-11-14(9-19(21)24)20(25)29-12-18(23)13-5-7-15(8-6-13)22(26)27/h2-8,10,14H,9,11-12H2,1H3/t14-/m1/s1. The normalized spacial score (nSPS) is 15.8. The van der Waals surface area contributed by atoms with Crippen LogP contribution in [0.5, 0.6) is 5.75 Å². The molecule has 0 spiro atoms. The summed E-state index contributed by atoms with van der Waals surface area (Å²) in [6.07, 6.45) is -0.0121. The number of rotatable bonds is 7. The van der Waals surface area contributed by atoms with Crippen LogP contribution in [-0.2, 0) is 14.3 Å². The number of hydrogen-bond acceptors (Lipinski definition) is 7. The highest BCUT2D eigenvalue weighted by atomic mass is 16.6. The molecule has 1 aliphatic rings. The number of carbonyl (C=O) groups is 3. The van der Waals surface area contributed by atoms with E-state index in [1.165, 1.54) is 36.3 Å². The Morgan fingerprint density at radius 2 is 1.93 bits per heavy atom. The highest BCUT2D eigenvalue weighted by Crippen LogP contribution is 2.28. The number of anilines is 1. The van der Waals surface area contributed by atoms with Crippen molar-refractivity contribution in [1.82, 2.24) is 0 Å². The predicted molar refractivity (Wildman–Crippen MR) is 102 cm³/mol. The number of ether oxygens (including phenoxy) is 2. The van der Waals surface area contributed by atoms with Gasteiger partial charge in [-0.3, -0.25) is 24.5 Å². The highest BCUT2D eigenvalue weighted by Gasteiger charge is 2.36. The van der Waals surface area contributed by atoms with Crippen molar-refractivity contribution < 1.29 is 28.8 Å². The molecule has 0 bridgehead atoms. The number of non-ortho nitro benzene ring substituents is 1. The van der Waals surface area contributed by atoms with E-state index < -0.39 is 29.2 Å². The van der Waals surface area contributed by atoms with E-state index in [1.54, 1.807) is 24.3 Å². The van der Waals surface area contributed by atoms with Gasteiger partial charge in [-0.25, -0.2) is 0 Å². The second kappa shape index (κ2) is 8.51. The van der Waals surface area contributed by atoms with E-state index in [1.807, 2.05) is 0 Å². The van der Waals surface area contributed by atoms with Gasteiger partial charge in [0.2, 0.25) is 5.91 Å². The minimum atomic E-state index is -0.682. The zero-order valence-electron chi connectivity index (χ0n) is 15.6. The van der Waals surface area contributed by atoms with Gasteiger partial charge in [0, 0.05) is 42.4 Å². The number of methoxy groups -OCH3 is 1. The molecule has 0 N–H and O–H groups in total. The molecule has 1 aliphatic heterocycles. The SMILES string of the molecule is COc1cccc(N2C[C@H](C(=O)OCC(=O)c3ccc([N+](=O)[O-])cc3)CC2=O)c1. The first-order valence-corrected chi connectivity index (χ1v) is 8.77. The Balaban J connectivity index is 1.57. The lowest BCUT2D eigenvalue weighted by atomic mass is 10.1. The summed E-state index contributed by atoms with van der Waals surface area (Å²) in [5, 5.41) is 10.6. The molecule has 1 fully saturated rings. The summed E-state index contributed by atoms with van der Waals surface area (Å²) in [6.45, 7) is -0.350. The summed E-state index contributed by atoms with van der Waals surface area (Å²) in [4.78, 5) is 48.3. The Labute approximate surface area is 166 Å². The molecule has 2 aromatic carbocycles. The zero-order chi connectivity index (χ0) is 21.0. The summed E-state index contributed by atoms with van der Waals surface area (Å²) in [5.74, 6) is -1.43. The average Bonchev–Trinajstić information content (AvgIpc) is 3.13. The molecule has 3 rings (SSSR count). The third kappa shape index (κ3) is 4.57. The molecule has 29 heavy (non-hydrogen) atoms. The first-order chi connectivity index (χ1) is 13.9. The molecule has 1 atom stereocenters. The third-order valence-corrected chi connectivity index (χ3v) is 4.57. The smallest absolute Gasteiger partial charge is 0.311 e. The summed E-state index contributed by atoms with van der Waals surface area (Å²) < 4.78 is 10.2. The predicted octanol–water partition coefficient (Wildman–Crippen LogP) is 2.38. The summed E-state index contributed by atoms with van der Waals surface area (Å²) in [6, 6.07) is 12.0. The van der Waals surface area contributed by atoms with Crippen LogP contribution in [0, 0.1) is 16.0 Å². The number of amides is 1. The lowest BCUT2D eigenvalue weighted by Gasteiger charge is -2.17. The Hall–Kier alpha value is -3.75. The van der Waals surface area contributed by atoms with Gasteiger partial charge in [0.25, 0.3) is 5.69 Å². The summed E-state index contributed by atoms with van der Waals surface area (Å²) in [5.41, 5.74) is 0.677. The topological polar surface area (TPSA) is 116 Å². The van der Waals surface area contributed by atoms with E-state index in [-0.39, 0.29) is 30.1 Å². The Morgan fingerprint density at radius 3 is 2.59 bits per heavy atom. The molecule has 9 heteroatoms. The number of nitro groups is 1. The second-order valence-electron chi connectivity index (χ2n) is 6.44. The highest BCUT2D eigenvalue weighted by molar-refractivity contribution is 6.01. The van der Waals surface area contributed by atoms with Gasteiger partial charge < -0.3 is 14.4 Å². The van der Waals surface area contributed by atoms with Crippen molar-refractivity contribution in [2.75, 3.05) is 25.2 Å². The number of benzene rings is 2. The second-order valence-corrected chi connectivity index (χ2v) is 6.44. The largest absolute Gasteiger partial charge is 0.497 e. The van der Waals surface area contributed by atoms with Crippen molar-refractivity contribution in [1.29, 1.82) is 0 Å². The molecular formula is C20H18N2O7.